The minimum Gasteiger partial charge on any atom is -0.463 e. The molecule has 1 aliphatic heterocycles. The Bertz CT molecular complexity index is 674. The molecule has 0 bridgehead atoms. The van der Waals surface area contributed by atoms with Gasteiger partial charge in [0.25, 0.3) is 0 Å². The molecule has 0 saturated carbocycles. The maximum Gasteiger partial charge on any atom is 0.303 e. The Labute approximate surface area is 194 Å². The molecule has 0 radical (unpaired) electrons. The molecule has 5 atom stereocenters. The average Bonchev–Trinajstić information content (AvgIpc) is 2.71. The highest BCUT2D eigenvalue weighted by molar-refractivity contribution is 5.68. The molecule has 0 aromatic rings. The van der Waals surface area contributed by atoms with Gasteiger partial charge in [0.15, 0.2) is 24.6 Å². The van der Waals surface area contributed by atoms with E-state index in [0.717, 1.165) is 25.7 Å². The van der Waals surface area contributed by atoms with Crippen LogP contribution in [0.1, 0.15) is 66.7 Å². The van der Waals surface area contributed by atoms with Crippen LogP contribution in [0.3, 0.4) is 0 Å². The van der Waals surface area contributed by atoms with E-state index in [4.69, 9.17) is 28.4 Å². The summed E-state index contributed by atoms with van der Waals surface area (Å²) >= 11 is 0. The summed E-state index contributed by atoms with van der Waals surface area (Å²) in [4.78, 5) is 46.6. The fourth-order valence-corrected chi connectivity index (χ4v) is 3.35. The molecule has 1 aliphatic rings. The number of rotatable bonds is 13. The fraction of sp³-hybridized carbons (Fsp3) is 0.739. The fourth-order valence-electron chi connectivity index (χ4n) is 3.35. The van der Waals surface area contributed by atoms with Gasteiger partial charge in [0.05, 0.1) is 6.61 Å². The molecular weight excluding hydrogens is 436 g/mol. The highest BCUT2D eigenvalue weighted by atomic mass is 16.7. The van der Waals surface area contributed by atoms with Crippen molar-refractivity contribution in [1.29, 1.82) is 0 Å². The maximum atomic E-state index is 11.8. The van der Waals surface area contributed by atoms with Crippen molar-refractivity contribution in [2.75, 3.05) is 13.2 Å². The van der Waals surface area contributed by atoms with Gasteiger partial charge in [-0.1, -0.05) is 38.3 Å². The molecule has 10 heteroatoms. The SMILES string of the molecule is CCCCCC/C=C/CO[C@@H]1O[C@H](COC(C)=O)[C@@H](OC(C)=O)[C@H](OC(C)=O)[C@H]1OC(C)=O. The van der Waals surface area contributed by atoms with Crippen molar-refractivity contribution in [3.05, 3.63) is 12.2 Å². The van der Waals surface area contributed by atoms with Crippen molar-refractivity contribution in [2.24, 2.45) is 0 Å². The van der Waals surface area contributed by atoms with Gasteiger partial charge in [-0.15, -0.1) is 0 Å². The lowest BCUT2D eigenvalue weighted by Crippen LogP contribution is -2.62. The van der Waals surface area contributed by atoms with Crippen LogP contribution in [0.25, 0.3) is 0 Å². The third-order valence-corrected chi connectivity index (χ3v) is 4.70. The summed E-state index contributed by atoms with van der Waals surface area (Å²) in [7, 11) is 0. The molecule has 188 valence electrons. The zero-order chi connectivity index (χ0) is 24.8. The third kappa shape index (κ3) is 11.3. The first-order valence-corrected chi connectivity index (χ1v) is 11.2. The summed E-state index contributed by atoms with van der Waals surface area (Å²) in [5.41, 5.74) is 0. The van der Waals surface area contributed by atoms with E-state index in [-0.39, 0.29) is 13.2 Å². The molecule has 1 heterocycles. The molecular formula is C23H36O10. The predicted octanol–water partition coefficient (Wildman–Crippen LogP) is 2.61. The Morgan fingerprint density at radius 2 is 1.36 bits per heavy atom. The predicted molar refractivity (Wildman–Crippen MR) is 116 cm³/mol. The van der Waals surface area contributed by atoms with E-state index in [1.165, 1.54) is 34.1 Å². The van der Waals surface area contributed by atoms with Crippen LogP contribution in [0.2, 0.25) is 0 Å². The van der Waals surface area contributed by atoms with Crippen molar-refractivity contribution in [2.45, 2.75) is 97.4 Å². The molecule has 0 aliphatic carbocycles. The average molecular weight is 473 g/mol. The van der Waals surface area contributed by atoms with Crippen LogP contribution in [0, 0.1) is 0 Å². The number of esters is 4. The molecule has 0 aromatic heterocycles. The van der Waals surface area contributed by atoms with E-state index in [1.54, 1.807) is 0 Å². The third-order valence-electron chi connectivity index (χ3n) is 4.70. The summed E-state index contributed by atoms with van der Waals surface area (Å²) in [6.07, 6.45) is 3.49. The van der Waals surface area contributed by atoms with E-state index in [2.05, 4.69) is 6.92 Å². The molecule has 0 unspecified atom stereocenters. The number of unbranched alkanes of at least 4 members (excludes halogenated alkanes) is 4. The van der Waals surface area contributed by atoms with Gasteiger partial charge in [0.2, 0.25) is 0 Å². The van der Waals surface area contributed by atoms with Crippen LogP contribution in [-0.2, 0) is 47.6 Å². The lowest BCUT2D eigenvalue weighted by atomic mass is 9.98. The number of hydrogen-bond acceptors (Lipinski definition) is 10. The van der Waals surface area contributed by atoms with Gasteiger partial charge in [-0.25, -0.2) is 0 Å². The Kier molecular flexibility index (Phi) is 13.3. The number of hydrogen-bond donors (Lipinski definition) is 0. The molecule has 1 rings (SSSR count). The van der Waals surface area contributed by atoms with Crippen molar-refractivity contribution < 1.29 is 47.6 Å². The summed E-state index contributed by atoms with van der Waals surface area (Å²) < 4.78 is 32.7. The highest BCUT2D eigenvalue weighted by Crippen LogP contribution is 2.30. The molecule has 1 fully saturated rings. The first kappa shape index (κ1) is 28.6. The van der Waals surface area contributed by atoms with Crippen molar-refractivity contribution >= 4 is 23.9 Å². The molecule has 10 nitrogen and oxygen atoms in total. The maximum absolute atomic E-state index is 11.8. The zero-order valence-corrected chi connectivity index (χ0v) is 20.1. The summed E-state index contributed by atoms with van der Waals surface area (Å²) in [6.45, 7) is 6.74. The van der Waals surface area contributed by atoms with E-state index in [1.807, 2.05) is 12.2 Å². The van der Waals surface area contributed by atoms with Crippen LogP contribution in [0.4, 0.5) is 0 Å². The number of carbonyl (C=O) groups is 4. The van der Waals surface area contributed by atoms with E-state index in [0.29, 0.717) is 0 Å². The normalized spacial score (nSPS) is 24.8. The monoisotopic (exact) mass is 472 g/mol. The minimum atomic E-state index is -1.23. The van der Waals surface area contributed by atoms with Crippen LogP contribution >= 0.6 is 0 Å². The van der Waals surface area contributed by atoms with Gasteiger partial charge in [-0.2, -0.15) is 0 Å². The van der Waals surface area contributed by atoms with E-state index < -0.39 is 54.6 Å². The molecule has 33 heavy (non-hydrogen) atoms. The zero-order valence-electron chi connectivity index (χ0n) is 20.1. The molecule has 1 saturated heterocycles. The van der Waals surface area contributed by atoms with Crippen molar-refractivity contribution in [1.82, 2.24) is 0 Å². The van der Waals surface area contributed by atoms with E-state index in [9.17, 15) is 19.2 Å². The molecule has 0 N–H and O–H groups in total. The van der Waals surface area contributed by atoms with Gasteiger partial charge < -0.3 is 28.4 Å². The minimum absolute atomic E-state index is 0.140. The smallest absolute Gasteiger partial charge is 0.303 e. The van der Waals surface area contributed by atoms with Gasteiger partial charge in [0.1, 0.15) is 12.7 Å². The molecule has 0 amide bonds. The van der Waals surface area contributed by atoms with Crippen molar-refractivity contribution in [3.63, 3.8) is 0 Å². The second-order valence-corrected chi connectivity index (χ2v) is 7.72. The Morgan fingerprint density at radius 1 is 0.758 bits per heavy atom. The number of allylic oxidation sites excluding steroid dienone is 1. The van der Waals surface area contributed by atoms with Crippen LogP contribution in [0.15, 0.2) is 12.2 Å². The Balaban J connectivity index is 3.03. The van der Waals surface area contributed by atoms with Gasteiger partial charge in [-0.05, 0) is 12.8 Å². The summed E-state index contributed by atoms with van der Waals surface area (Å²) in [5.74, 6) is -2.61. The lowest BCUT2D eigenvalue weighted by molar-refractivity contribution is -0.305. The second-order valence-electron chi connectivity index (χ2n) is 7.72. The molecule has 0 spiro atoms. The standard InChI is InChI=1S/C23H36O10/c1-6-7-8-9-10-11-12-13-28-23-22(32-18(5)27)21(31-17(4)26)20(30-16(3)25)19(33-23)14-29-15(2)24/h11-12,19-23H,6-10,13-14H2,1-5H3/b12-11+/t19-,20-,21+,22-,23-/m1/s1. The quantitative estimate of drug-likeness (QED) is 0.171. The van der Waals surface area contributed by atoms with Gasteiger partial charge in [0, 0.05) is 27.7 Å². The number of ether oxygens (including phenoxy) is 6. The number of carbonyl (C=O) groups excluding carboxylic acids is 4. The van der Waals surface area contributed by atoms with Crippen LogP contribution in [-0.4, -0.2) is 67.8 Å². The topological polar surface area (TPSA) is 124 Å². The summed E-state index contributed by atoms with van der Waals surface area (Å²) in [6, 6.07) is 0. The first-order valence-electron chi connectivity index (χ1n) is 11.2. The largest absolute Gasteiger partial charge is 0.463 e. The van der Waals surface area contributed by atoms with E-state index >= 15 is 0 Å². The van der Waals surface area contributed by atoms with Gasteiger partial charge >= 0.3 is 23.9 Å². The summed E-state index contributed by atoms with van der Waals surface area (Å²) in [5, 5.41) is 0. The van der Waals surface area contributed by atoms with Crippen molar-refractivity contribution in [3.8, 4) is 0 Å². The highest BCUT2D eigenvalue weighted by Gasteiger charge is 2.52. The first-order chi connectivity index (χ1) is 15.6. The molecule has 0 aromatic carbocycles. The van der Waals surface area contributed by atoms with Crippen LogP contribution in [0.5, 0.6) is 0 Å². The second kappa shape index (κ2) is 15.4. The lowest BCUT2D eigenvalue weighted by Gasteiger charge is -2.43. The van der Waals surface area contributed by atoms with Gasteiger partial charge in [-0.3, -0.25) is 19.2 Å². The Morgan fingerprint density at radius 3 is 1.94 bits per heavy atom. The Hall–Kier alpha value is -2.46. The van der Waals surface area contributed by atoms with Crippen LogP contribution < -0.4 is 0 Å².